The molecule has 3 aromatic heterocycles. The second kappa shape index (κ2) is 9.61. The van der Waals surface area contributed by atoms with E-state index in [1.54, 1.807) is 32.5 Å². The van der Waals surface area contributed by atoms with Crippen molar-refractivity contribution in [3.8, 4) is 0 Å². The van der Waals surface area contributed by atoms with Gasteiger partial charge in [-0.3, -0.25) is 9.98 Å². The molecule has 0 bridgehead atoms. The van der Waals surface area contributed by atoms with Crippen LogP contribution >= 0.6 is 0 Å². The summed E-state index contributed by atoms with van der Waals surface area (Å²) in [5.41, 5.74) is 9.20. The van der Waals surface area contributed by atoms with Crippen LogP contribution in [0.5, 0.6) is 0 Å². The Bertz CT molecular complexity index is 1100. The van der Waals surface area contributed by atoms with Crippen LogP contribution < -0.4 is 11.1 Å². The largest absolute Gasteiger partial charge is 0.404 e. The van der Waals surface area contributed by atoms with Crippen molar-refractivity contribution in [3.63, 3.8) is 0 Å². The first kappa shape index (κ1) is 22.3. The molecule has 0 aliphatic heterocycles. The van der Waals surface area contributed by atoms with Gasteiger partial charge in [0.25, 0.3) is 0 Å². The van der Waals surface area contributed by atoms with E-state index < -0.39 is 5.60 Å². The average molecular weight is 420 g/mol. The summed E-state index contributed by atoms with van der Waals surface area (Å²) in [4.78, 5) is 13.5. The molecular weight excluding hydrogens is 390 g/mol. The maximum absolute atomic E-state index is 9.80. The first-order valence-electron chi connectivity index (χ1n) is 10.3. The molecule has 0 saturated heterocycles. The highest BCUT2D eigenvalue weighted by Crippen LogP contribution is 2.21. The van der Waals surface area contributed by atoms with Crippen LogP contribution in [0.2, 0.25) is 0 Å². The van der Waals surface area contributed by atoms with Gasteiger partial charge in [0.2, 0.25) is 0 Å². The fraction of sp³-hybridized carbons (Fsp3) is 0.348. The summed E-state index contributed by atoms with van der Waals surface area (Å²) in [5, 5.41) is 21.2. The fourth-order valence-electron chi connectivity index (χ4n) is 2.84. The standard InChI is InChI=1S/C23H29N7O/c1-15(2)16-10-22(30-27-14-16)29-21-6-5-19-20(28-21)9-17(13-26-19)18(11-24)12-25-8-7-23(3,4)31/h5-6,9-15,31H,7-8,24H2,1-4H3,(H,28,29,30). The summed E-state index contributed by atoms with van der Waals surface area (Å²) in [7, 11) is 0. The quantitative estimate of drug-likeness (QED) is 0.474. The van der Waals surface area contributed by atoms with Gasteiger partial charge in [-0.1, -0.05) is 13.8 Å². The molecule has 0 saturated carbocycles. The number of hydrogen-bond donors (Lipinski definition) is 3. The van der Waals surface area contributed by atoms with Crippen LogP contribution in [0.1, 0.15) is 51.2 Å². The predicted molar refractivity (Wildman–Crippen MR) is 125 cm³/mol. The molecule has 0 fully saturated rings. The number of rotatable bonds is 8. The summed E-state index contributed by atoms with van der Waals surface area (Å²) in [6.07, 6.45) is 7.27. The van der Waals surface area contributed by atoms with Gasteiger partial charge in [-0.2, -0.15) is 5.10 Å². The van der Waals surface area contributed by atoms with Crippen molar-refractivity contribution in [1.29, 1.82) is 0 Å². The van der Waals surface area contributed by atoms with E-state index in [0.29, 0.717) is 30.5 Å². The predicted octanol–water partition coefficient (Wildman–Crippen LogP) is 3.82. The SMILES string of the molecule is CC(C)c1cnnc(Nc2ccc3ncc(C(C=NCCC(C)(C)O)=CN)cc3n2)c1. The molecule has 0 unspecified atom stereocenters. The van der Waals surface area contributed by atoms with Crippen molar-refractivity contribution in [2.45, 2.75) is 45.6 Å². The van der Waals surface area contributed by atoms with Crippen LogP contribution in [-0.4, -0.2) is 43.6 Å². The highest BCUT2D eigenvalue weighted by Gasteiger charge is 2.11. The number of fused-ring (bicyclic) bond motifs is 1. The molecule has 0 amide bonds. The molecule has 0 spiro atoms. The minimum atomic E-state index is -0.749. The van der Waals surface area contributed by atoms with Gasteiger partial charge in [-0.05, 0) is 56.0 Å². The highest BCUT2D eigenvalue weighted by molar-refractivity contribution is 6.10. The number of anilines is 2. The molecule has 0 aliphatic carbocycles. The number of nitrogens with one attached hydrogen (secondary N) is 1. The maximum atomic E-state index is 9.80. The molecule has 0 aromatic carbocycles. The van der Waals surface area contributed by atoms with E-state index in [1.807, 2.05) is 24.3 Å². The van der Waals surface area contributed by atoms with Gasteiger partial charge in [-0.15, -0.1) is 5.10 Å². The third-order valence-corrected chi connectivity index (χ3v) is 4.73. The molecule has 162 valence electrons. The summed E-state index contributed by atoms with van der Waals surface area (Å²) in [6.45, 7) is 8.25. The second-order valence-corrected chi connectivity index (χ2v) is 8.33. The van der Waals surface area contributed by atoms with Gasteiger partial charge in [-0.25, -0.2) is 4.98 Å². The first-order chi connectivity index (χ1) is 14.7. The van der Waals surface area contributed by atoms with Gasteiger partial charge in [0.05, 0.1) is 22.8 Å². The highest BCUT2D eigenvalue weighted by atomic mass is 16.3. The lowest BCUT2D eigenvalue weighted by molar-refractivity contribution is 0.0739. The molecule has 3 aromatic rings. The minimum Gasteiger partial charge on any atom is -0.404 e. The van der Waals surface area contributed by atoms with Gasteiger partial charge in [0, 0.05) is 36.3 Å². The third-order valence-electron chi connectivity index (χ3n) is 4.73. The molecule has 0 radical (unpaired) electrons. The van der Waals surface area contributed by atoms with Crippen molar-refractivity contribution in [3.05, 3.63) is 54.0 Å². The normalized spacial score (nSPS) is 12.8. The lowest BCUT2D eigenvalue weighted by Crippen LogP contribution is -2.19. The first-order valence-corrected chi connectivity index (χ1v) is 10.3. The zero-order chi connectivity index (χ0) is 22.4. The lowest BCUT2D eigenvalue weighted by Gasteiger charge is -2.14. The van der Waals surface area contributed by atoms with E-state index >= 15 is 0 Å². The molecule has 8 heteroatoms. The number of aliphatic hydroxyl groups is 1. The minimum absolute atomic E-state index is 0.360. The number of nitrogens with two attached hydrogens (primary N) is 1. The Labute approximate surface area is 182 Å². The van der Waals surface area contributed by atoms with E-state index in [9.17, 15) is 5.11 Å². The molecule has 3 heterocycles. The summed E-state index contributed by atoms with van der Waals surface area (Å²) >= 11 is 0. The van der Waals surface area contributed by atoms with Gasteiger partial charge in [0.1, 0.15) is 5.82 Å². The van der Waals surface area contributed by atoms with Crippen molar-refractivity contribution in [2.24, 2.45) is 10.7 Å². The number of aliphatic imine (C=N–C) groups is 1. The van der Waals surface area contributed by atoms with Crippen LogP contribution in [0.4, 0.5) is 11.6 Å². The smallest absolute Gasteiger partial charge is 0.154 e. The van der Waals surface area contributed by atoms with Gasteiger partial charge < -0.3 is 16.2 Å². The van der Waals surface area contributed by atoms with Crippen LogP contribution in [0, 0.1) is 0 Å². The summed E-state index contributed by atoms with van der Waals surface area (Å²) < 4.78 is 0. The number of allylic oxidation sites excluding steroid dienone is 1. The monoisotopic (exact) mass is 419 g/mol. The molecule has 31 heavy (non-hydrogen) atoms. The number of aromatic nitrogens is 4. The van der Waals surface area contributed by atoms with Crippen molar-refractivity contribution < 1.29 is 5.11 Å². The Hall–Kier alpha value is -3.39. The Morgan fingerprint density at radius 3 is 2.71 bits per heavy atom. The summed E-state index contributed by atoms with van der Waals surface area (Å²) in [6, 6.07) is 7.65. The van der Waals surface area contributed by atoms with Crippen LogP contribution in [-0.2, 0) is 0 Å². The number of hydrogen-bond acceptors (Lipinski definition) is 8. The Balaban J connectivity index is 1.81. The fourth-order valence-corrected chi connectivity index (χ4v) is 2.84. The van der Waals surface area contributed by atoms with E-state index in [4.69, 9.17) is 5.73 Å². The van der Waals surface area contributed by atoms with Crippen LogP contribution in [0.25, 0.3) is 16.6 Å². The van der Waals surface area contributed by atoms with Crippen LogP contribution in [0.15, 0.2) is 47.9 Å². The maximum Gasteiger partial charge on any atom is 0.154 e. The van der Waals surface area contributed by atoms with E-state index in [-0.39, 0.29) is 0 Å². The van der Waals surface area contributed by atoms with Crippen molar-refractivity contribution >= 4 is 34.5 Å². The second-order valence-electron chi connectivity index (χ2n) is 8.33. The zero-order valence-corrected chi connectivity index (χ0v) is 18.4. The molecule has 3 rings (SSSR count). The Morgan fingerprint density at radius 2 is 2.00 bits per heavy atom. The van der Waals surface area contributed by atoms with Crippen molar-refractivity contribution in [1.82, 2.24) is 20.2 Å². The van der Waals surface area contributed by atoms with E-state index in [0.717, 1.165) is 27.7 Å². The zero-order valence-electron chi connectivity index (χ0n) is 18.4. The number of nitrogens with zero attached hydrogens (tertiary/aromatic N) is 5. The third kappa shape index (κ3) is 6.29. The van der Waals surface area contributed by atoms with Crippen molar-refractivity contribution in [2.75, 3.05) is 11.9 Å². The van der Waals surface area contributed by atoms with E-state index in [2.05, 4.69) is 44.3 Å². The number of pyridine rings is 2. The molecule has 0 atom stereocenters. The Kier molecular flexibility index (Phi) is 6.91. The Morgan fingerprint density at radius 1 is 1.19 bits per heavy atom. The average Bonchev–Trinajstić information content (AvgIpc) is 2.73. The summed E-state index contributed by atoms with van der Waals surface area (Å²) in [5.74, 6) is 1.65. The topological polar surface area (TPSA) is 122 Å². The van der Waals surface area contributed by atoms with E-state index in [1.165, 1.54) is 6.20 Å². The van der Waals surface area contributed by atoms with Gasteiger partial charge >= 0.3 is 0 Å². The molecule has 8 nitrogen and oxygen atoms in total. The molecule has 4 N–H and O–H groups in total. The molecule has 0 aliphatic rings. The lowest BCUT2D eigenvalue weighted by atomic mass is 10.1. The molecular formula is C23H29N7O. The van der Waals surface area contributed by atoms with Gasteiger partial charge in [0.15, 0.2) is 5.82 Å². The van der Waals surface area contributed by atoms with Crippen LogP contribution in [0.3, 0.4) is 0 Å².